The second-order valence-electron chi connectivity index (χ2n) is 2.12. The summed E-state index contributed by atoms with van der Waals surface area (Å²) >= 11 is 0.183. The summed E-state index contributed by atoms with van der Waals surface area (Å²) in [6, 6.07) is 8.62. The van der Waals surface area contributed by atoms with E-state index in [-0.39, 0.29) is 20.7 Å². The van der Waals surface area contributed by atoms with Crippen LogP contribution in [0.3, 0.4) is 0 Å². The third-order valence-electron chi connectivity index (χ3n) is 1.43. The molecule has 0 saturated heterocycles. The molecule has 1 heteroatoms. The van der Waals surface area contributed by atoms with E-state index in [1.807, 2.05) is 0 Å². The summed E-state index contributed by atoms with van der Waals surface area (Å²) in [5.41, 5.74) is 1.41. The Balaban J connectivity index is 2.65. The largest absolute Gasteiger partial charge is 0.0850 e. The molecule has 0 radical (unpaired) electrons. The zero-order valence-electron chi connectivity index (χ0n) is 5.42. The maximum absolute atomic E-state index is 2.29. The lowest BCUT2D eigenvalue weighted by Gasteiger charge is -2.01. The molecule has 0 atom stereocenters. The van der Waals surface area contributed by atoms with Crippen LogP contribution in [0.15, 0.2) is 30.3 Å². The average molecular weight is 242 g/mol. The van der Waals surface area contributed by atoms with E-state index in [0.29, 0.717) is 0 Å². The average Bonchev–Trinajstić information content (AvgIpc) is 2.05. The maximum Gasteiger partial charge on any atom is 0.0149 e. The zero-order chi connectivity index (χ0) is 6.81. The van der Waals surface area contributed by atoms with E-state index in [9.17, 15) is 0 Å². The number of allylic oxidation sites excluding steroid dienone is 1. The van der Waals surface area contributed by atoms with Gasteiger partial charge in [0.1, 0.15) is 0 Å². The van der Waals surface area contributed by atoms with Crippen molar-refractivity contribution < 1.29 is 0 Å². The number of fused-ring (bicyclic) bond motifs is 1. The fraction of sp³-hybridized carbons (Fsp3) is 0. The highest BCUT2D eigenvalue weighted by Gasteiger charge is 1.95. The van der Waals surface area contributed by atoms with Gasteiger partial charge in [0.05, 0.1) is 0 Å². The van der Waals surface area contributed by atoms with Crippen LogP contribution in [0.2, 0.25) is 0 Å². The molecule has 1 aliphatic heterocycles. The van der Waals surface area contributed by atoms with Crippen molar-refractivity contribution in [2.75, 3.05) is 0 Å². The number of rotatable bonds is 0. The van der Waals surface area contributed by atoms with Gasteiger partial charge in [-0.25, -0.2) is 0 Å². The lowest BCUT2D eigenvalue weighted by atomic mass is 10.2. The smallest absolute Gasteiger partial charge is 0.0149 e. The first-order valence-corrected chi connectivity index (χ1v) is 5.51. The number of halogens is 1. The Morgan fingerprint density at radius 1 is 1.10 bits per heavy atom. The fourth-order valence-electron chi connectivity index (χ4n) is 0.954. The monoisotopic (exact) mass is 242 g/mol. The van der Waals surface area contributed by atoms with Crippen molar-refractivity contribution in [1.82, 2.24) is 0 Å². The number of benzene rings is 1. The molecule has 0 N–H and O–H groups in total. The predicted molar refractivity (Wildman–Crippen MR) is 54.3 cm³/mol. The van der Waals surface area contributed by atoms with Crippen molar-refractivity contribution in [3.8, 4) is 0 Å². The molecule has 10 heavy (non-hydrogen) atoms. The second kappa shape index (κ2) is 2.66. The first kappa shape index (κ1) is 6.28. The normalized spacial score (nSPS) is 14.0. The molecular formula is C9H7I. The highest BCUT2D eigenvalue weighted by molar-refractivity contribution is 14.2. The molecule has 1 aromatic carbocycles. The summed E-state index contributed by atoms with van der Waals surface area (Å²) in [7, 11) is 0. The Bertz CT molecular complexity index is 266. The third kappa shape index (κ3) is 1.06. The van der Waals surface area contributed by atoms with E-state index in [2.05, 4.69) is 40.4 Å². The summed E-state index contributed by atoms with van der Waals surface area (Å²) in [5.74, 6) is 0. The molecule has 0 amide bonds. The molecule has 0 aliphatic carbocycles. The summed E-state index contributed by atoms with van der Waals surface area (Å²) in [5, 5.41) is 0. The van der Waals surface area contributed by atoms with Gasteiger partial charge in [0.25, 0.3) is 0 Å². The molecule has 0 nitrogen and oxygen atoms in total. The molecule has 2 rings (SSSR count). The highest BCUT2D eigenvalue weighted by atomic mass is 127. The van der Waals surface area contributed by atoms with Crippen molar-refractivity contribution in [2.24, 2.45) is 0 Å². The van der Waals surface area contributed by atoms with E-state index in [1.165, 1.54) is 5.56 Å². The molecular weight excluding hydrogens is 235 g/mol. The van der Waals surface area contributed by atoms with Crippen LogP contribution in [-0.2, 0) is 0 Å². The van der Waals surface area contributed by atoms with Gasteiger partial charge >= 0.3 is 0 Å². The number of hydrogen-bond acceptors (Lipinski definition) is 0. The van der Waals surface area contributed by atoms with Crippen molar-refractivity contribution in [3.63, 3.8) is 0 Å². The van der Waals surface area contributed by atoms with Gasteiger partial charge in [-0.2, -0.15) is 0 Å². The first-order chi connectivity index (χ1) is 4.97. The maximum atomic E-state index is 2.29. The topological polar surface area (TPSA) is 0 Å². The van der Waals surface area contributed by atoms with Gasteiger partial charge in [-0.3, -0.25) is 0 Å². The Morgan fingerprint density at radius 2 is 2.00 bits per heavy atom. The van der Waals surface area contributed by atoms with Gasteiger partial charge in [0, 0.05) is 3.57 Å². The van der Waals surface area contributed by atoms with E-state index < -0.39 is 0 Å². The summed E-state index contributed by atoms with van der Waals surface area (Å²) in [4.78, 5) is 0. The van der Waals surface area contributed by atoms with Gasteiger partial charge < -0.3 is 0 Å². The molecule has 0 saturated carbocycles. The van der Waals surface area contributed by atoms with Gasteiger partial charge in [-0.05, 0) is 15.6 Å². The Kier molecular flexibility index (Phi) is 1.67. The van der Waals surface area contributed by atoms with E-state index in [1.54, 1.807) is 3.57 Å². The number of hydrogen-bond donors (Lipinski definition) is 0. The lowest BCUT2D eigenvalue weighted by Crippen LogP contribution is -1.82. The first-order valence-electron chi connectivity index (χ1n) is 3.19. The van der Waals surface area contributed by atoms with Gasteiger partial charge in [-0.1, -0.05) is 51.1 Å². The van der Waals surface area contributed by atoms with Gasteiger partial charge in [0.2, 0.25) is 0 Å². The molecule has 0 aromatic heterocycles. The van der Waals surface area contributed by atoms with E-state index in [0.717, 1.165) is 0 Å². The van der Waals surface area contributed by atoms with Crippen LogP contribution in [-0.4, -0.2) is 4.01 Å². The van der Waals surface area contributed by atoms with Gasteiger partial charge in [0.15, 0.2) is 0 Å². The summed E-state index contributed by atoms with van der Waals surface area (Å²) in [6.45, 7) is 0. The fourth-order valence-corrected chi connectivity index (χ4v) is 2.89. The van der Waals surface area contributed by atoms with Crippen LogP contribution in [0.4, 0.5) is 0 Å². The molecule has 0 spiro atoms. The zero-order valence-corrected chi connectivity index (χ0v) is 7.58. The van der Waals surface area contributed by atoms with Crippen molar-refractivity contribution >= 4 is 30.8 Å². The predicted octanol–water partition coefficient (Wildman–Crippen LogP) is 2.66. The minimum atomic E-state index is 0.183. The Hall–Kier alpha value is -0.440. The quantitative estimate of drug-likeness (QED) is 0.613. The molecule has 1 heterocycles. The molecule has 1 aliphatic rings. The minimum Gasteiger partial charge on any atom is -0.0850 e. The molecule has 50 valence electrons. The Labute approximate surface area is 70.3 Å². The summed E-state index contributed by atoms with van der Waals surface area (Å²) in [6.07, 6.45) is 4.34. The van der Waals surface area contributed by atoms with E-state index >= 15 is 0 Å². The van der Waals surface area contributed by atoms with Gasteiger partial charge in [-0.15, -0.1) is 0 Å². The molecule has 0 bridgehead atoms. The van der Waals surface area contributed by atoms with Crippen LogP contribution in [0.25, 0.3) is 6.08 Å². The van der Waals surface area contributed by atoms with E-state index in [4.69, 9.17) is 0 Å². The van der Waals surface area contributed by atoms with Crippen LogP contribution < -0.4 is 0 Å². The molecule has 0 unspecified atom stereocenters. The van der Waals surface area contributed by atoms with Crippen molar-refractivity contribution in [2.45, 2.75) is 0 Å². The lowest BCUT2D eigenvalue weighted by molar-refractivity contribution is 1.60. The van der Waals surface area contributed by atoms with Crippen LogP contribution in [0, 0.1) is 3.57 Å². The minimum absolute atomic E-state index is 0.183. The molecule has 1 aromatic rings. The summed E-state index contributed by atoms with van der Waals surface area (Å²) < 4.78 is 3.84. The standard InChI is InChI=1S/C9H7I/c1-2-6-9-8(4-1)5-3-7-10-9/h1-7H. The van der Waals surface area contributed by atoms with Crippen LogP contribution >= 0.6 is 20.7 Å². The van der Waals surface area contributed by atoms with Crippen molar-refractivity contribution in [1.29, 1.82) is 0 Å². The van der Waals surface area contributed by atoms with Crippen LogP contribution in [0.1, 0.15) is 5.56 Å². The van der Waals surface area contributed by atoms with Crippen molar-refractivity contribution in [3.05, 3.63) is 39.5 Å². The van der Waals surface area contributed by atoms with Crippen LogP contribution in [0.5, 0.6) is 0 Å². The highest BCUT2D eigenvalue weighted by Crippen LogP contribution is 2.20. The third-order valence-corrected chi connectivity index (χ3v) is 3.86. The molecule has 0 fully saturated rings. The SMILES string of the molecule is C1=Cc2ccccc2I=C1. The second-order valence-corrected chi connectivity index (χ2v) is 4.62. The Morgan fingerprint density at radius 3 is 2.90 bits per heavy atom.